The summed E-state index contributed by atoms with van der Waals surface area (Å²) >= 11 is 1.42. The summed E-state index contributed by atoms with van der Waals surface area (Å²) in [5.74, 6) is 1.36. The van der Waals surface area contributed by atoms with E-state index in [1.807, 2.05) is 42.6 Å². The fraction of sp³-hybridized carbons (Fsp3) is 0.435. The number of thiophene rings is 1. The molecule has 2 aromatic heterocycles. The number of nitrogens with one attached hydrogen (secondary N) is 1. The number of anilines is 1. The zero-order chi connectivity index (χ0) is 20.7. The second-order valence-corrected chi connectivity index (χ2v) is 9.41. The summed E-state index contributed by atoms with van der Waals surface area (Å²) in [6.45, 7) is 4.21. The molecule has 7 heteroatoms. The molecule has 1 N–H and O–H groups in total. The maximum absolute atomic E-state index is 13.4. The summed E-state index contributed by atoms with van der Waals surface area (Å²) in [7, 11) is 0. The number of hydrogen-bond donors (Lipinski definition) is 1. The Bertz CT molecular complexity index is 1130. The minimum absolute atomic E-state index is 0.0471. The van der Waals surface area contributed by atoms with Gasteiger partial charge in [0.05, 0.1) is 17.1 Å². The minimum Gasteiger partial charge on any atom is -0.356 e. The molecule has 1 unspecified atom stereocenters. The minimum atomic E-state index is -0.0703. The van der Waals surface area contributed by atoms with Gasteiger partial charge in [-0.2, -0.15) is 0 Å². The number of aromatic nitrogens is 2. The molecule has 2 fully saturated rings. The molecule has 6 nitrogen and oxygen atoms in total. The Morgan fingerprint density at radius 2 is 2.00 bits per heavy atom. The van der Waals surface area contributed by atoms with Gasteiger partial charge in [-0.25, -0.2) is 9.55 Å². The molecule has 1 aliphatic carbocycles. The van der Waals surface area contributed by atoms with E-state index in [0.717, 1.165) is 42.7 Å². The molecule has 1 saturated carbocycles. The highest BCUT2D eigenvalue weighted by molar-refractivity contribution is 7.17. The van der Waals surface area contributed by atoms with E-state index in [9.17, 15) is 9.59 Å². The second kappa shape index (κ2) is 7.87. The van der Waals surface area contributed by atoms with Gasteiger partial charge in [-0.15, -0.1) is 11.3 Å². The fourth-order valence-electron chi connectivity index (χ4n) is 4.12. The number of piperidine rings is 1. The number of fused-ring (bicyclic) bond motifs is 1. The van der Waals surface area contributed by atoms with Crippen molar-refractivity contribution in [3.63, 3.8) is 0 Å². The number of nitrogens with zero attached hydrogens (tertiary/aromatic N) is 3. The topological polar surface area (TPSA) is 67.2 Å². The molecule has 0 radical (unpaired) electrons. The lowest BCUT2D eigenvalue weighted by atomic mass is 9.97. The van der Waals surface area contributed by atoms with Gasteiger partial charge in [-0.3, -0.25) is 9.59 Å². The van der Waals surface area contributed by atoms with Gasteiger partial charge in [0.1, 0.15) is 4.70 Å². The van der Waals surface area contributed by atoms with Crippen molar-refractivity contribution >= 4 is 33.4 Å². The van der Waals surface area contributed by atoms with Crippen molar-refractivity contribution in [2.75, 3.05) is 24.5 Å². The molecule has 1 atom stereocenters. The van der Waals surface area contributed by atoms with Crippen molar-refractivity contribution in [3.05, 3.63) is 51.6 Å². The van der Waals surface area contributed by atoms with Crippen molar-refractivity contribution in [2.24, 2.45) is 11.8 Å². The molecule has 1 amide bonds. The van der Waals surface area contributed by atoms with Crippen LogP contribution >= 0.6 is 11.3 Å². The number of aryl methyl sites for hydroxylation is 1. The zero-order valence-electron chi connectivity index (χ0n) is 17.1. The first kappa shape index (κ1) is 19.3. The Labute approximate surface area is 179 Å². The van der Waals surface area contributed by atoms with E-state index in [1.54, 1.807) is 4.57 Å². The molecular formula is C23H26N4O2S. The van der Waals surface area contributed by atoms with Gasteiger partial charge < -0.3 is 10.2 Å². The van der Waals surface area contributed by atoms with Gasteiger partial charge in [0.25, 0.3) is 5.56 Å². The van der Waals surface area contributed by atoms with Gasteiger partial charge in [0, 0.05) is 19.6 Å². The van der Waals surface area contributed by atoms with Gasteiger partial charge in [0.2, 0.25) is 11.9 Å². The Hall–Kier alpha value is -2.67. The first-order valence-electron chi connectivity index (χ1n) is 10.7. The van der Waals surface area contributed by atoms with E-state index in [0.29, 0.717) is 23.1 Å². The average Bonchev–Trinajstić information content (AvgIpc) is 3.47. The average molecular weight is 423 g/mol. The van der Waals surface area contributed by atoms with E-state index >= 15 is 0 Å². The number of carbonyl (C=O) groups excluding carboxylic acids is 1. The van der Waals surface area contributed by atoms with E-state index < -0.39 is 0 Å². The van der Waals surface area contributed by atoms with Crippen LogP contribution in [0.25, 0.3) is 15.9 Å². The van der Waals surface area contributed by atoms with Crippen LogP contribution in [-0.2, 0) is 4.79 Å². The van der Waals surface area contributed by atoms with Gasteiger partial charge in [-0.1, -0.05) is 17.7 Å². The summed E-state index contributed by atoms with van der Waals surface area (Å²) < 4.78 is 2.37. The van der Waals surface area contributed by atoms with Crippen molar-refractivity contribution < 1.29 is 4.79 Å². The molecular weight excluding hydrogens is 396 g/mol. The van der Waals surface area contributed by atoms with E-state index in [4.69, 9.17) is 4.98 Å². The van der Waals surface area contributed by atoms with Crippen LogP contribution in [0, 0.1) is 18.8 Å². The molecule has 5 rings (SSSR count). The summed E-state index contributed by atoms with van der Waals surface area (Å²) in [5, 5.41) is 5.03. The highest BCUT2D eigenvalue weighted by Crippen LogP contribution is 2.29. The van der Waals surface area contributed by atoms with Crippen LogP contribution in [0.5, 0.6) is 0 Å². The van der Waals surface area contributed by atoms with Crippen molar-refractivity contribution in [3.8, 4) is 5.69 Å². The number of amides is 1. The number of carbonyl (C=O) groups is 1. The third kappa shape index (κ3) is 3.74. The molecule has 0 spiro atoms. The Balaban J connectivity index is 1.50. The predicted octanol–water partition coefficient (Wildman–Crippen LogP) is 3.50. The molecule has 2 aliphatic rings. The van der Waals surface area contributed by atoms with Crippen LogP contribution in [0.2, 0.25) is 0 Å². The predicted molar refractivity (Wildman–Crippen MR) is 121 cm³/mol. The highest BCUT2D eigenvalue weighted by atomic mass is 32.1. The molecule has 30 heavy (non-hydrogen) atoms. The lowest BCUT2D eigenvalue weighted by Crippen LogP contribution is -2.45. The fourth-order valence-corrected chi connectivity index (χ4v) is 4.88. The maximum Gasteiger partial charge on any atom is 0.277 e. The number of benzene rings is 1. The van der Waals surface area contributed by atoms with E-state index in [1.165, 1.54) is 24.2 Å². The van der Waals surface area contributed by atoms with Gasteiger partial charge >= 0.3 is 0 Å². The van der Waals surface area contributed by atoms with Crippen LogP contribution < -0.4 is 15.8 Å². The molecule has 0 bridgehead atoms. The third-order valence-electron chi connectivity index (χ3n) is 6.09. The number of hydrogen-bond acceptors (Lipinski definition) is 5. The van der Waals surface area contributed by atoms with Crippen LogP contribution in [0.15, 0.2) is 40.5 Å². The summed E-state index contributed by atoms with van der Waals surface area (Å²) in [4.78, 5) is 33.1. The molecule has 3 heterocycles. The third-order valence-corrected chi connectivity index (χ3v) is 6.98. The van der Waals surface area contributed by atoms with Crippen LogP contribution in [-0.4, -0.2) is 35.1 Å². The summed E-state index contributed by atoms with van der Waals surface area (Å²) in [6.07, 6.45) is 4.24. The summed E-state index contributed by atoms with van der Waals surface area (Å²) in [6, 6.07) is 9.84. The Morgan fingerprint density at radius 1 is 1.20 bits per heavy atom. The molecule has 1 saturated heterocycles. The maximum atomic E-state index is 13.4. The van der Waals surface area contributed by atoms with Crippen LogP contribution in [0.1, 0.15) is 31.2 Å². The smallest absolute Gasteiger partial charge is 0.277 e. The standard InChI is InChI=1S/C23H26N4O2S/c1-15-4-8-18(9-5-15)27-22(29)20-19(10-12-30-20)25-23(27)26-11-2-3-17(14-26)21(28)24-13-16-6-7-16/h4-5,8-10,12,16-17H,2-3,6-7,11,13-14H2,1H3,(H,24,28). The van der Waals surface area contributed by atoms with Crippen LogP contribution in [0.3, 0.4) is 0 Å². The van der Waals surface area contributed by atoms with Gasteiger partial charge in [0.15, 0.2) is 0 Å². The van der Waals surface area contributed by atoms with Crippen molar-refractivity contribution in [1.29, 1.82) is 0 Å². The van der Waals surface area contributed by atoms with Crippen molar-refractivity contribution in [1.82, 2.24) is 14.9 Å². The number of rotatable bonds is 5. The van der Waals surface area contributed by atoms with Crippen LogP contribution in [0.4, 0.5) is 5.95 Å². The lowest BCUT2D eigenvalue weighted by molar-refractivity contribution is -0.125. The Kier molecular flexibility index (Phi) is 5.06. The Morgan fingerprint density at radius 3 is 2.77 bits per heavy atom. The van der Waals surface area contributed by atoms with E-state index in [-0.39, 0.29) is 17.4 Å². The first-order chi connectivity index (χ1) is 14.6. The summed E-state index contributed by atoms with van der Waals surface area (Å²) in [5.41, 5.74) is 2.63. The zero-order valence-corrected chi connectivity index (χ0v) is 18.0. The normalized spacial score (nSPS) is 19.2. The second-order valence-electron chi connectivity index (χ2n) is 8.50. The largest absolute Gasteiger partial charge is 0.356 e. The molecule has 1 aliphatic heterocycles. The molecule has 1 aromatic carbocycles. The molecule has 156 valence electrons. The molecule has 3 aromatic rings. The quantitative estimate of drug-likeness (QED) is 0.683. The van der Waals surface area contributed by atoms with Crippen molar-refractivity contribution in [2.45, 2.75) is 32.6 Å². The lowest BCUT2D eigenvalue weighted by Gasteiger charge is -2.34. The monoisotopic (exact) mass is 422 g/mol. The highest BCUT2D eigenvalue weighted by Gasteiger charge is 2.30. The van der Waals surface area contributed by atoms with Gasteiger partial charge in [-0.05, 0) is 62.1 Å². The SMILES string of the molecule is Cc1ccc(-n2c(N3CCCC(C(=O)NCC4CC4)C3)nc3ccsc3c2=O)cc1. The first-order valence-corrected chi connectivity index (χ1v) is 11.6. The van der Waals surface area contributed by atoms with E-state index in [2.05, 4.69) is 10.2 Å².